The van der Waals surface area contributed by atoms with Crippen molar-refractivity contribution in [3.8, 4) is 0 Å². The fraction of sp³-hybridized carbons (Fsp3) is 0.826. The summed E-state index contributed by atoms with van der Waals surface area (Å²) in [7, 11) is 0. The number of fused-ring (bicyclic) bond motifs is 1. The van der Waals surface area contributed by atoms with E-state index in [0.717, 1.165) is 77.1 Å². The minimum absolute atomic E-state index is 0.189. The standard InChI is InChI=1S/C23H39N5O/c1-3-11-28-21-10-9-19(26-16-14-25(4-2)15-17-26)18-20(21)22(24-28)23(29)27-12-7-5-6-8-13-27/h19H,3-18H2,1-2H3/t19-/m0/s1. The summed E-state index contributed by atoms with van der Waals surface area (Å²) >= 11 is 0. The van der Waals surface area contributed by atoms with Crippen molar-refractivity contribution < 1.29 is 4.79 Å². The number of aromatic nitrogens is 2. The van der Waals surface area contributed by atoms with Crippen molar-refractivity contribution in [3.63, 3.8) is 0 Å². The van der Waals surface area contributed by atoms with Crippen LogP contribution >= 0.6 is 0 Å². The quantitative estimate of drug-likeness (QED) is 0.761. The van der Waals surface area contributed by atoms with Crippen molar-refractivity contribution in [2.75, 3.05) is 45.8 Å². The van der Waals surface area contributed by atoms with Crippen LogP contribution in [0.15, 0.2) is 0 Å². The number of hydrogen-bond acceptors (Lipinski definition) is 4. The number of carbonyl (C=O) groups is 1. The van der Waals surface area contributed by atoms with E-state index in [0.29, 0.717) is 6.04 Å². The molecule has 0 bridgehead atoms. The van der Waals surface area contributed by atoms with Gasteiger partial charge in [0.25, 0.3) is 5.91 Å². The highest BCUT2D eigenvalue weighted by Crippen LogP contribution is 2.29. The summed E-state index contributed by atoms with van der Waals surface area (Å²) in [5, 5.41) is 4.89. The maximum Gasteiger partial charge on any atom is 0.274 e. The second-order valence-electron chi connectivity index (χ2n) is 9.07. The Morgan fingerprint density at radius 3 is 2.38 bits per heavy atom. The molecular formula is C23H39N5O. The molecule has 1 amide bonds. The largest absolute Gasteiger partial charge is 0.337 e. The van der Waals surface area contributed by atoms with Gasteiger partial charge in [0, 0.05) is 63.1 Å². The van der Waals surface area contributed by atoms with Gasteiger partial charge in [0.2, 0.25) is 0 Å². The molecule has 0 unspecified atom stereocenters. The molecule has 162 valence electrons. The van der Waals surface area contributed by atoms with Crippen LogP contribution in [0.25, 0.3) is 0 Å². The topological polar surface area (TPSA) is 44.6 Å². The van der Waals surface area contributed by atoms with Gasteiger partial charge in [-0.15, -0.1) is 0 Å². The summed E-state index contributed by atoms with van der Waals surface area (Å²) in [6, 6.07) is 0.566. The van der Waals surface area contributed by atoms with Crippen LogP contribution in [0.3, 0.4) is 0 Å². The third-order valence-corrected chi connectivity index (χ3v) is 7.22. The number of amides is 1. The second kappa shape index (κ2) is 9.61. The molecule has 1 aliphatic carbocycles. The van der Waals surface area contributed by atoms with Gasteiger partial charge in [-0.25, -0.2) is 0 Å². The number of likely N-dealkylation sites (N-methyl/N-ethyl adjacent to an activating group) is 1. The average molecular weight is 402 g/mol. The predicted molar refractivity (Wildman–Crippen MR) is 116 cm³/mol. The van der Waals surface area contributed by atoms with E-state index in [4.69, 9.17) is 5.10 Å². The number of nitrogens with zero attached hydrogens (tertiary/aromatic N) is 5. The highest BCUT2D eigenvalue weighted by atomic mass is 16.2. The third kappa shape index (κ3) is 4.53. The normalized spacial score (nSPS) is 24.3. The first-order valence-corrected chi connectivity index (χ1v) is 12.1. The fourth-order valence-electron chi connectivity index (χ4n) is 5.42. The van der Waals surface area contributed by atoms with E-state index >= 15 is 0 Å². The van der Waals surface area contributed by atoms with Crippen molar-refractivity contribution in [1.82, 2.24) is 24.5 Å². The summed E-state index contributed by atoms with van der Waals surface area (Å²) in [6.45, 7) is 13.0. The van der Waals surface area contributed by atoms with Crippen molar-refractivity contribution in [1.29, 1.82) is 0 Å². The van der Waals surface area contributed by atoms with Crippen LogP contribution in [0.5, 0.6) is 0 Å². The molecule has 0 aromatic carbocycles. The van der Waals surface area contributed by atoms with Crippen LogP contribution in [0, 0.1) is 0 Å². The monoisotopic (exact) mass is 401 g/mol. The van der Waals surface area contributed by atoms with Gasteiger partial charge >= 0.3 is 0 Å². The van der Waals surface area contributed by atoms with Crippen molar-refractivity contribution in [3.05, 3.63) is 17.0 Å². The lowest BCUT2D eigenvalue weighted by Gasteiger charge is -2.40. The molecule has 6 heteroatoms. The minimum atomic E-state index is 0.189. The molecule has 2 fully saturated rings. The van der Waals surface area contributed by atoms with Crippen LogP contribution in [0.2, 0.25) is 0 Å². The maximum absolute atomic E-state index is 13.4. The van der Waals surface area contributed by atoms with E-state index in [9.17, 15) is 4.79 Å². The van der Waals surface area contributed by atoms with Crippen LogP contribution in [-0.4, -0.2) is 82.2 Å². The summed E-state index contributed by atoms with van der Waals surface area (Å²) < 4.78 is 2.16. The first-order valence-electron chi connectivity index (χ1n) is 12.1. The van der Waals surface area contributed by atoms with Crippen LogP contribution in [-0.2, 0) is 19.4 Å². The Balaban J connectivity index is 1.54. The highest BCUT2D eigenvalue weighted by molar-refractivity contribution is 5.94. The lowest BCUT2D eigenvalue weighted by atomic mass is 9.89. The molecule has 0 N–H and O–H groups in total. The van der Waals surface area contributed by atoms with E-state index in [2.05, 4.69) is 33.2 Å². The molecule has 1 aromatic rings. The summed E-state index contributed by atoms with van der Waals surface area (Å²) in [5.41, 5.74) is 3.38. The third-order valence-electron chi connectivity index (χ3n) is 7.22. The number of piperazine rings is 1. The minimum Gasteiger partial charge on any atom is -0.337 e. The second-order valence-corrected chi connectivity index (χ2v) is 9.07. The van der Waals surface area contributed by atoms with Gasteiger partial charge in [0.1, 0.15) is 0 Å². The van der Waals surface area contributed by atoms with Crippen molar-refractivity contribution >= 4 is 5.91 Å². The molecule has 0 saturated carbocycles. The molecule has 3 heterocycles. The molecule has 4 rings (SSSR count). The maximum atomic E-state index is 13.4. The van der Waals surface area contributed by atoms with E-state index in [1.165, 1.54) is 43.6 Å². The van der Waals surface area contributed by atoms with Crippen molar-refractivity contribution in [2.24, 2.45) is 0 Å². The summed E-state index contributed by atoms with van der Waals surface area (Å²) in [4.78, 5) is 20.7. The Bertz CT molecular complexity index is 684. The molecule has 29 heavy (non-hydrogen) atoms. The number of rotatable bonds is 5. The first kappa shape index (κ1) is 20.9. The molecule has 1 atom stereocenters. The van der Waals surface area contributed by atoms with E-state index < -0.39 is 0 Å². The average Bonchev–Trinajstić information content (AvgIpc) is 2.93. The Kier molecular flexibility index (Phi) is 6.91. The Morgan fingerprint density at radius 2 is 1.72 bits per heavy atom. The first-order chi connectivity index (χ1) is 14.2. The van der Waals surface area contributed by atoms with Crippen LogP contribution in [0.4, 0.5) is 0 Å². The Labute approximate surface area is 176 Å². The van der Waals surface area contributed by atoms with Crippen LogP contribution in [0.1, 0.15) is 74.1 Å². The molecule has 6 nitrogen and oxygen atoms in total. The highest BCUT2D eigenvalue weighted by Gasteiger charge is 2.34. The number of hydrogen-bond donors (Lipinski definition) is 0. The smallest absolute Gasteiger partial charge is 0.274 e. The number of likely N-dealkylation sites (tertiary alicyclic amines) is 1. The fourth-order valence-corrected chi connectivity index (χ4v) is 5.42. The van der Waals surface area contributed by atoms with E-state index in [-0.39, 0.29) is 5.91 Å². The predicted octanol–water partition coefficient (Wildman–Crippen LogP) is 2.80. The van der Waals surface area contributed by atoms with Crippen molar-refractivity contribution in [2.45, 2.75) is 77.8 Å². The summed E-state index contributed by atoms with van der Waals surface area (Å²) in [5.74, 6) is 0.189. The lowest BCUT2D eigenvalue weighted by Crippen LogP contribution is -2.51. The molecule has 1 aromatic heterocycles. The zero-order valence-electron chi connectivity index (χ0n) is 18.5. The lowest BCUT2D eigenvalue weighted by molar-refractivity contribution is 0.0750. The molecule has 2 aliphatic heterocycles. The van der Waals surface area contributed by atoms with Gasteiger partial charge in [-0.3, -0.25) is 14.4 Å². The van der Waals surface area contributed by atoms with Gasteiger partial charge in [0.15, 0.2) is 5.69 Å². The van der Waals surface area contributed by atoms with E-state index in [1.807, 2.05) is 0 Å². The van der Waals surface area contributed by atoms with Gasteiger partial charge < -0.3 is 9.80 Å². The summed E-state index contributed by atoms with van der Waals surface area (Å²) in [6.07, 6.45) is 9.09. The number of carbonyl (C=O) groups excluding carboxylic acids is 1. The SMILES string of the molecule is CCCn1nc(C(=O)N2CCCCCC2)c2c1CC[C@H](N1CCN(CC)CC1)C2. The van der Waals surface area contributed by atoms with Crippen LogP contribution < -0.4 is 0 Å². The zero-order chi connectivity index (χ0) is 20.2. The van der Waals surface area contributed by atoms with Gasteiger partial charge in [0.05, 0.1) is 0 Å². The zero-order valence-corrected chi connectivity index (χ0v) is 18.5. The Morgan fingerprint density at radius 1 is 1.00 bits per heavy atom. The van der Waals surface area contributed by atoms with Gasteiger partial charge in [-0.05, 0) is 45.1 Å². The molecule has 0 spiro atoms. The number of aryl methyl sites for hydroxylation is 1. The van der Waals surface area contributed by atoms with Gasteiger partial charge in [-0.2, -0.15) is 5.10 Å². The molecule has 0 radical (unpaired) electrons. The molecule has 3 aliphatic rings. The van der Waals surface area contributed by atoms with E-state index in [1.54, 1.807) is 0 Å². The molecular weight excluding hydrogens is 362 g/mol. The molecule has 2 saturated heterocycles. The van der Waals surface area contributed by atoms with Gasteiger partial charge in [-0.1, -0.05) is 26.7 Å². The Hall–Kier alpha value is -1.40.